The third kappa shape index (κ3) is 3.64. The van der Waals surface area contributed by atoms with Gasteiger partial charge >= 0.3 is 0 Å². The zero-order valence-corrected chi connectivity index (χ0v) is 13.5. The standard InChI is InChI=1S/C19H29NO2/c1-13(19(22)15-7-10-18(21)11-8-15)20-17-9-6-14-4-2-3-5-16(14)12-17/h7-8,10-11,13-14,16-17,19-22H,2-6,9,12H2,1H3/t13-,14-,16+,17+,19-/m0/s1. The predicted molar refractivity (Wildman–Crippen MR) is 88.8 cm³/mol. The second kappa shape index (κ2) is 7.01. The monoisotopic (exact) mass is 303 g/mol. The molecule has 2 aliphatic rings. The number of aromatic hydroxyl groups is 1. The number of rotatable bonds is 4. The van der Waals surface area contributed by atoms with Crippen LogP contribution in [0.5, 0.6) is 5.75 Å². The summed E-state index contributed by atoms with van der Waals surface area (Å²) >= 11 is 0. The van der Waals surface area contributed by atoms with E-state index in [9.17, 15) is 10.2 Å². The quantitative estimate of drug-likeness (QED) is 0.794. The minimum Gasteiger partial charge on any atom is -0.508 e. The first-order valence-corrected chi connectivity index (χ1v) is 8.86. The molecule has 0 saturated heterocycles. The molecule has 0 spiro atoms. The Hall–Kier alpha value is -1.06. The fourth-order valence-electron chi connectivity index (χ4n) is 4.45. The summed E-state index contributed by atoms with van der Waals surface area (Å²) in [5.41, 5.74) is 0.865. The molecule has 0 aromatic heterocycles. The van der Waals surface area contributed by atoms with Crippen molar-refractivity contribution < 1.29 is 10.2 Å². The third-order valence-electron chi connectivity index (χ3n) is 5.75. The zero-order chi connectivity index (χ0) is 15.5. The molecule has 0 amide bonds. The topological polar surface area (TPSA) is 52.5 Å². The number of hydrogen-bond acceptors (Lipinski definition) is 3. The van der Waals surface area contributed by atoms with Gasteiger partial charge in [-0.15, -0.1) is 0 Å². The largest absolute Gasteiger partial charge is 0.508 e. The normalized spacial score (nSPS) is 31.3. The minimum atomic E-state index is -0.523. The maximum absolute atomic E-state index is 10.5. The van der Waals surface area contributed by atoms with E-state index in [1.165, 1.54) is 44.9 Å². The summed E-state index contributed by atoms with van der Waals surface area (Å²) in [6.45, 7) is 2.06. The van der Waals surface area contributed by atoms with Crippen molar-refractivity contribution in [1.82, 2.24) is 5.32 Å². The molecule has 2 fully saturated rings. The average Bonchev–Trinajstić information content (AvgIpc) is 2.55. The number of nitrogens with one attached hydrogen (secondary N) is 1. The lowest BCUT2D eigenvalue weighted by atomic mass is 9.69. The fourth-order valence-corrected chi connectivity index (χ4v) is 4.45. The van der Waals surface area contributed by atoms with Crippen molar-refractivity contribution in [3.05, 3.63) is 29.8 Å². The van der Waals surface area contributed by atoms with Crippen LogP contribution in [-0.2, 0) is 0 Å². The first-order chi connectivity index (χ1) is 10.6. The number of aliphatic hydroxyl groups excluding tert-OH is 1. The summed E-state index contributed by atoms with van der Waals surface area (Å²) in [7, 11) is 0. The minimum absolute atomic E-state index is 0.0367. The summed E-state index contributed by atoms with van der Waals surface area (Å²) in [6, 6.07) is 7.46. The van der Waals surface area contributed by atoms with Gasteiger partial charge in [0.15, 0.2) is 0 Å². The van der Waals surface area contributed by atoms with E-state index < -0.39 is 6.10 Å². The maximum atomic E-state index is 10.5. The Morgan fingerprint density at radius 2 is 1.68 bits per heavy atom. The summed E-state index contributed by atoms with van der Waals surface area (Å²) in [5, 5.41) is 23.5. The van der Waals surface area contributed by atoms with Crippen molar-refractivity contribution in [1.29, 1.82) is 0 Å². The molecule has 1 aromatic carbocycles. The smallest absolute Gasteiger partial charge is 0.115 e. The molecule has 3 heteroatoms. The number of aliphatic hydroxyl groups is 1. The van der Waals surface area contributed by atoms with E-state index in [0.29, 0.717) is 6.04 Å². The highest BCUT2D eigenvalue weighted by Crippen LogP contribution is 2.40. The van der Waals surface area contributed by atoms with Crippen molar-refractivity contribution in [2.45, 2.75) is 70.1 Å². The van der Waals surface area contributed by atoms with E-state index in [4.69, 9.17) is 0 Å². The van der Waals surface area contributed by atoms with Crippen LogP contribution in [0.2, 0.25) is 0 Å². The van der Waals surface area contributed by atoms with Gasteiger partial charge in [-0.05, 0) is 55.7 Å². The van der Waals surface area contributed by atoms with Crippen molar-refractivity contribution >= 4 is 0 Å². The van der Waals surface area contributed by atoms with Crippen LogP contribution >= 0.6 is 0 Å². The number of benzene rings is 1. The van der Waals surface area contributed by atoms with Crippen molar-refractivity contribution in [2.24, 2.45) is 11.8 Å². The number of phenolic OH excluding ortho intramolecular Hbond substituents is 1. The van der Waals surface area contributed by atoms with Crippen molar-refractivity contribution in [2.75, 3.05) is 0 Å². The van der Waals surface area contributed by atoms with Gasteiger partial charge in [0.1, 0.15) is 5.75 Å². The first kappa shape index (κ1) is 15.8. The summed E-state index contributed by atoms with van der Waals surface area (Å²) in [6.07, 6.45) is 9.01. The van der Waals surface area contributed by atoms with Crippen LogP contribution in [0.1, 0.15) is 63.5 Å². The van der Waals surface area contributed by atoms with Gasteiger partial charge in [-0.2, -0.15) is 0 Å². The molecule has 0 unspecified atom stereocenters. The lowest BCUT2D eigenvalue weighted by Gasteiger charge is -2.41. The van der Waals surface area contributed by atoms with Crippen LogP contribution in [-0.4, -0.2) is 22.3 Å². The Morgan fingerprint density at radius 3 is 2.41 bits per heavy atom. The molecule has 3 nitrogen and oxygen atoms in total. The van der Waals surface area contributed by atoms with E-state index in [1.807, 2.05) is 0 Å². The highest BCUT2D eigenvalue weighted by molar-refractivity contribution is 5.27. The van der Waals surface area contributed by atoms with Gasteiger partial charge in [0, 0.05) is 12.1 Å². The van der Waals surface area contributed by atoms with Crippen LogP contribution < -0.4 is 5.32 Å². The summed E-state index contributed by atoms with van der Waals surface area (Å²) < 4.78 is 0. The Labute approximate surface area is 133 Å². The molecule has 0 radical (unpaired) electrons. The van der Waals surface area contributed by atoms with Gasteiger partial charge in [0.2, 0.25) is 0 Å². The molecule has 22 heavy (non-hydrogen) atoms. The molecule has 3 rings (SSSR count). The number of phenols is 1. The molecule has 0 heterocycles. The van der Waals surface area contributed by atoms with Gasteiger partial charge in [0.25, 0.3) is 0 Å². The maximum Gasteiger partial charge on any atom is 0.115 e. The van der Waals surface area contributed by atoms with Gasteiger partial charge in [-0.1, -0.05) is 37.8 Å². The lowest BCUT2D eigenvalue weighted by Crippen LogP contribution is -2.44. The second-order valence-corrected chi connectivity index (χ2v) is 7.31. The molecule has 0 bridgehead atoms. The molecule has 2 saturated carbocycles. The van der Waals surface area contributed by atoms with E-state index >= 15 is 0 Å². The predicted octanol–water partition coefficient (Wildman–Crippen LogP) is 3.76. The van der Waals surface area contributed by atoms with Gasteiger partial charge < -0.3 is 15.5 Å². The van der Waals surface area contributed by atoms with Gasteiger partial charge in [-0.25, -0.2) is 0 Å². The Balaban J connectivity index is 1.54. The van der Waals surface area contributed by atoms with Crippen LogP contribution in [0, 0.1) is 11.8 Å². The molecule has 1 aromatic rings. The van der Waals surface area contributed by atoms with E-state index in [2.05, 4.69) is 12.2 Å². The summed E-state index contributed by atoms with van der Waals surface area (Å²) in [5.74, 6) is 2.11. The molecule has 122 valence electrons. The number of hydrogen-bond donors (Lipinski definition) is 3. The van der Waals surface area contributed by atoms with E-state index in [0.717, 1.165) is 17.4 Å². The molecular weight excluding hydrogens is 274 g/mol. The first-order valence-electron chi connectivity index (χ1n) is 8.86. The Bertz CT molecular complexity index is 473. The molecule has 3 N–H and O–H groups in total. The van der Waals surface area contributed by atoms with Gasteiger partial charge in [-0.3, -0.25) is 0 Å². The third-order valence-corrected chi connectivity index (χ3v) is 5.75. The Kier molecular flexibility index (Phi) is 5.04. The van der Waals surface area contributed by atoms with Crippen LogP contribution in [0.3, 0.4) is 0 Å². The second-order valence-electron chi connectivity index (χ2n) is 7.31. The van der Waals surface area contributed by atoms with Crippen molar-refractivity contribution in [3.63, 3.8) is 0 Å². The van der Waals surface area contributed by atoms with Gasteiger partial charge in [0.05, 0.1) is 6.10 Å². The zero-order valence-electron chi connectivity index (χ0n) is 13.5. The number of fused-ring (bicyclic) bond motifs is 1. The highest BCUT2D eigenvalue weighted by Gasteiger charge is 2.33. The van der Waals surface area contributed by atoms with E-state index in [1.54, 1.807) is 24.3 Å². The highest BCUT2D eigenvalue weighted by atomic mass is 16.3. The fraction of sp³-hybridized carbons (Fsp3) is 0.684. The Morgan fingerprint density at radius 1 is 1.00 bits per heavy atom. The van der Waals surface area contributed by atoms with Crippen molar-refractivity contribution in [3.8, 4) is 5.75 Å². The van der Waals surface area contributed by atoms with Crippen LogP contribution in [0.4, 0.5) is 0 Å². The summed E-state index contributed by atoms with van der Waals surface area (Å²) in [4.78, 5) is 0. The lowest BCUT2D eigenvalue weighted by molar-refractivity contribution is 0.0998. The molecular formula is C19H29NO2. The average molecular weight is 303 g/mol. The molecule has 2 aliphatic carbocycles. The molecule has 0 aliphatic heterocycles. The van der Waals surface area contributed by atoms with E-state index in [-0.39, 0.29) is 11.8 Å². The SMILES string of the molecule is C[C@H](N[C@@H]1CC[C@@H]2CCCC[C@@H]2C1)[C@H](O)c1ccc(O)cc1. The van der Waals surface area contributed by atoms with Crippen LogP contribution in [0.25, 0.3) is 0 Å². The van der Waals surface area contributed by atoms with Crippen LogP contribution in [0.15, 0.2) is 24.3 Å². The molecule has 5 atom stereocenters.